The van der Waals surface area contributed by atoms with Gasteiger partial charge in [0.25, 0.3) is 17.7 Å². The Morgan fingerprint density at radius 3 is 2.61 bits per heavy atom. The van der Waals surface area contributed by atoms with Crippen LogP contribution in [0.1, 0.15) is 19.5 Å². The summed E-state index contributed by atoms with van der Waals surface area (Å²) >= 11 is 2.17. The summed E-state index contributed by atoms with van der Waals surface area (Å²) in [7, 11) is 0. The second kappa shape index (κ2) is 10.4. The number of ether oxygens (including phenoxy) is 1. The number of hydrogen-bond donors (Lipinski definition) is 6. The van der Waals surface area contributed by atoms with E-state index in [1.807, 2.05) is 5.43 Å². The highest BCUT2D eigenvalue weighted by Gasteiger charge is 2.54. The summed E-state index contributed by atoms with van der Waals surface area (Å²) < 4.78 is 4.67. The molecule has 0 aromatic carbocycles. The first-order valence-corrected chi connectivity index (χ1v) is 11.9. The number of thiazole rings is 1. The van der Waals surface area contributed by atoms with Gasteiger partial charge < -0.3 is 31.5 Å². The van der Waals surface area contributed by atoms with E-state index in [2.05, 4.69) is 20.2 Å². The summed E-state index contributed by atoms with van der Waals surface area (Å²) in [5.74, 6) is 1.50. The maximum absolute atomic E-state index is 13.1. The molecule has 0 saturated carbocycles. The lowest BCUT2D eigenvalue weighted by atomic mass is 10.0. The van der Waals surface area contributed by atoms with Crippen LogP contribution in [0.4, 0.5) is 9.93 Å². The molecule has 4 amide bonds. The van der Waals surface area contributed by atoms with Gasteiger partial charge in [-0.25, -0.2) is 20.4 Å². The van der Waals surface area contributed by atoms with E-state index in [1.54, 1.807) is 0 Å². The Morgan fingerprint density at radius 2 is 2.06 bits per heavy atom. The molecule has 16 nitrogen and oxygen atoms in total. The topological polar surface area (TPSA) is 255 Å². The Bertz CT molecular complexity index is 1180. The second-order valence-corrected chi connectivity index (χ2v) is 9.81. The van der Waals surface area contributed by atoms with Crippen LogP contribution in [-0.2, 0) is 28.8 Å². The van der Waals surface area contributed by atoms with Gasteiger partial charge in [-0.05, 0) is 13.8 Å². The van der Waals surface area contributed by atoms with E-state index in [0.29, 0.717) is 0 Å². The molecule has 18 heteroatoms. The SMILES string of the molecule is CC(C)(ON=C(C(=O)NC1C(=O)N2C(C(=O)O)=C(COC(N)=O)CS[C@@H]12)c1csc(N)n1)C(=O)NN. The number of carbonyl (C=O) groups is 5. The van der Waals surface area contributed by atoms with Crippen LogP contribution in [0.3, 0.4) is 0 Å². The summed E-state index contributed by atoms with van der Waals surface area (Å²) in [5.41, 5.74) is 10.4. The van der Waals surface area contributed by atoms with Crippen molar-refractivity contribution in [2.75, 3.05) is 18.1 Å². The maximum Gasteiger partial charge on any atom is 0.404 e. The molecule has 36 heavy (non-hydrogen) atoms. The molecule has 9 N–H and O–H groups in total. The predicted molar refractivity (Wildman–Crippen MR) is 126 cm³/mol. The van der Waals surface area contributed by atoms with Gasteiger partial charge in [0.2, 0.25) is 5.60 Å². The molecule has 1 aromatic heterocycles. The Balaban J connectivity index is 1.82. The van der Waals surface area contributed by atoms with Crippen LogP contribution in [-0.4, -0.2) is 79.9 Å². The van der Waals surface area contributed by atoms with E-state index in [9.17, 15) is 29.1 Å². The van der Waals surface area contributed by atoms with Crippen LogP contribution in [0.5, 0.6) is 0 Å². The number of rotatable bonds is 9. The molecule has 1 unspecified atom stereocenters. The molecule has 1 fully saturated rings. The number of carbonyl (C=O) groups excluding carboxylic acids is 4. The van der Waals surface area contributed by atoms with Gasteiger partial charge in [0.1, 0.15) is 29.4 Å². The van der Waals surface area contributed by atoms with E-state index in [1.165, 1.54) is 19.2 Å². The number of nitrogen functional groups attached to an aromatic ring is 1. The minimum Gasteiger partial charge on any atom is -0.477 e. The molecule has 0 spiro atoms. The third-order valence-corrected chi connectivity index (χ3v) is 6.96. The van der Waals surface area contributed by atoms with Crippen LogP contribution in [0.2, 0.25) is 0 Å². The van der Waals surface area contributed by atoms with Gasteiger partial charge >= 0.3 is 12.1 Å². The van der Waals surface area contributed by atoms with Gasteiger partial charge in [0, 0.05) is 16.7 Å². The number of amides is 4. The first-order chi connectivity index (χ1) is 16.9. The fourth-order valence-corrected chi connectivity index (χ4v) is 5.01. The number of fused-ring (bicyclic) bond motifs is 1. The zero-order valence-corrected chi connectivity index (χ0v) is 20.5. The number of nitrogens with one attached hydrogen (secondary N) is 2. The number of β-lactam (4-membered cyclic amide) rings is 1. The fourth-order valence-electron chi connectivity index (χ4n) is 3.14. The molecule has 1 aromatic rings. The van der Waals surface area contributed by atoms with Crippen LogP contribution in [0.15, 0.2) is 21.8 Å². The molecule has 0 bridgehead atoms. The number of carboxylic acid groups (broad SMARTS) is 1. The van der Waals surface area contributed by atoms with Crippen molar-refractivity contribution >= 4 is 63.7 Å². The van der Waals surface area contributed by atoms with Gasteiger partial charge in [0.15, 0.2) is 10.8 Å². The predicted octanol–water partition coefficient (Wildman–Crippen LogP) is -1.95. The third kappa shape index (κ3) is 5.34. The molecule has 0 aliphatic carbocycles. The molecule has 1 saturated heterocycles. The average molecular weight is 543 g/mol. The van der Waals surface area contributed by atoms with E-state index in [4.69, 9.17) is 22.1 Å². The lowest BCUT2D eigenvalue weighted by Crippen LogP contribution is -2.71. The summed E-state index contributed by atoms with van der Waals surface area (Å²) in [6.45, 7) is 2.31. The Morgan fingerprint density at radius 1 is 1.36 bits per heavy atom. The van der Waals surface area contributed by atoms with Crippen LogP contribution in [0.25, 0.3) is 0 Å². The molecular weight excluding hydrogens is 520 g/mol. The summed E-state index contributed by atoms with van der Waals surface area (Å²) in [6.07, 6.45) is -1.09. The van der Waals surface area contributed by atoms with E-state index in [0.717, 1.165) is 28.0 Å². The van der Waals surface area contributed by atoms with Crippen LogP contribution >= 0.6 is 23.1 Å². The number of anilines is 1. The monoisotopic (exact) mass is 542 g/mol. The van der Waals surface area contributed by atoms with E-state index < -0.39 is 53.4 Å². The quantitative estimate of drug-likeness (QED) is 0.0654. The lowest BCUT2D eigenvalue weighted by Gasteiger charge is -2.49. The van der Waals surface area contributed by atoms with Crippen molar-refractivity contribution in [2.45, 2.75) is 30.9 Å². The van der Waals surface area contributed by atoms with Crippen LogP contribution in [0, 0.1) is 0 Å². The lowest BCUT2D eigenvalue weighted by molar-refractivity contribution is -0.150. The summed E-state index contributed by atoms with van der Waals surface area (Å²) in [6, 6.07) is -1.11. The number of nitrogens with zero attached hydrogens (tertiary/aromatic N) is 3. The van der Waals surface area contributed by atoms with Gasteiger partial charge in [-0.3, -0.25) is 24.7 Å². The standard InChI is InChI=1S/C18H22N8O8S2/c1-18(2,15(31)24-21)34-25-8(7-5-36-16(19)22-7)11(27)23-9-12(28)26-10(14(29)30)6(3-33-17(20)32)4-35-13(9)26/h5,9,13H,3-4,21H2,1-2H3,(H2,19,22)(H2,20,32)(H,23,27)(H,24,31)(H,29,30)/t9?,13-/m0/s1. The van der Waals surface area contributed by atoms with E-state index in [-0.39, 0.29) is 33.6 Å². The molecule has 2 aliphatic rings. The molecular formula is C18H22N8O8S2. The van der Waals surface area contributed by atoms with Gasteiger partial charge in [0.05, 0.1) is 0 Å². The molecule has 2 atom stereocenters. The fraction of sp³-hybridized carbons (Fsp3) is 0.389. The van der Waals surface area contributed by atoms with Crippen LogP contribution < -0.4 is 28.1 Å². The number of aromatic nitrogens is 1. The van der Waals surface area contributed by atoms with Crippen molar-refractivity contribution < 1.29 is 38.7 Å². The zero-order chi connectivity index (χ0) is 26.8. The Kier molecular flexibility index (Phi) is 7.70. The molecule has 194 valence electrons. The van der Waals surface area contributed by atoms with Gasteiger partial charge in [-0.1, -0.05) is 5.16 Å². The highest BCUT2D eigenvalue weighted by molar-refractivity contribution is 8.00. The van der Waals surface area contributed by atoms with Crippen molar-refractivity contribution in [1.82, 2.24) is 20.6 Å². The van der Waals surface area contributed by atoms with Crippen molar-refractivity contribution in [2.24, 2.45) is 16.7 Å². The van der Waals surface area contributed by atoms with Crippen molar-refractivity contribution in [3.05, 3.63) is 22.3 Å². The third-order valence-electron chi connectivity index (χ3n) is 4.95. The highest BCUT2D eigenvalue weighted by Crippen LogP contribution is 2.40. The minimum absolute atomic E-state index is 0.0240. The number of oxime groups is 1. The van der Waals surface area contributed by atoms with Gasteiger partial charge in [-0.15, -0.1) is 23.1 Å². The first kappa shape index (κ1) is 26.7. The number of hydrogen-bond acceptors (Lipinski definition) is 13. The Labute approximate surface area is 211 Å². The van der Waals surface area contributed by atoms with Gasteiger partial charge in [-0.2, -0.15) is 0 Å². The highest BCUT2D eigenvalue weighted by atomic mass is 32.2. The molecule has 3 rings (SSSR count). The number of hydrazine groups is 1. The van der Waals surface area contributed by atoms with Crippen molar-refractivity contribution in [3.63, 3.8) is 0 Å². The zero-order valence-electron chi connectivity index (χ0n) is 18.8. The number of primary amides is 1. The minimum atomic E-state index is -1.56. The smallest absolute Gasteiger partial charge is 0.404 e. The number of aliphatic carboxylic acids is 1. The maximum atomic E-state index is 13.1. The molecule has 0 radical (unpaired) electrons. The summed E-state index contributed by atoms with van der Waals surface area (Å²) in [4.78, 5) is 70.7. The largest absolute Gasteiger partial charge is 0.477 e. The summed E-state index contributed by atoms with van der Waals surface area (Å²) in [5, 5.41) is 16.7. The molecule has 2 aliphatic heterocycles. The average Bonchev–Trinajstić information content (AvgIpc) is 3.25. The van der Waals surface area contributed by atoms with Crippen molar-refractivity contribution in [3.8, 4) is 0 Å². The normalized spacial score (nSPS) is 19.7. The molecule has 3 heterocycles. The first-order valence-electron chi connectivity index (χ1n) is 9.99. The van der Waals surface area contributed by atoms with Crippen molar-refractivity contribution in [1.29, 1.82) is 0 Å². The number of nitrogens with two attached hydrogens (primary N) is 3. The number of carboxylic acids is 1. The van der Waals surface area contributed by atoms with E-state index >= 15 is 0 Å². The Hall–Kier alpha value is -3.90. The second-order valence-electron chi connectivity index (χ2n) is 7.81. The number of thioether (sulfide) groups is 1.